The molecule has 3 N–H and O–H groups in total. The maximum Gasteiger partial charge on any atom is 0.274 e. The molecule has 0 aliphatic heterocycles. The van der Waals surface area contributed by atoms with Crippen LogP contribution in [0.4, 0.5) is 0 Å². The fraction of sp³-hybridized carbons (Fsp3) is 0.222. The third kappa shape index (κ3) is 4.51. The Hall–Kier alpha value is -2.75. The summed E-state index contributed by atoms with van der Waals surface area (Å²) in [5, 5.41) is 5.77. The average molecular weight is 388 g/mol. The van der Waals surface area contributed by atoms with Crippen LogP contribution in [-0.2, 0) is 16.6 Å². The highest BCUT2D eigenvalue weighted by Crippen LogP contribution is 2.35. The van der Waals surface area contributed by atoms with Crippen molar-refractivity contribution in [1.82, 2.24) is 14.7 Å². The lowest BCUT2D eigenvalue weighted by Crippen LogP contribution is -2.32. The Labute approximate surface area is 157 Å². The zero-order chi connectivity index (χ0) is 19.4. The van der Waals surface area contributed by atoms with Crippen LogP contribution in [0.25, 0.3) is 22.2 Å². The van der Waals surface area contributed by atoms with Gasteiger partial charge >= 0.3 is 0 Å². The maximum absolute atomic E-state index is 10.9. The van der Waals surface area contributed by atoms with Crippen molar-refractivity contribution in [3.8, 4) is 22.8 Å². The molecule has 0 radical (unpaired) electrons. The summed E-state index contributed by atoms with van der Waals surface area (Å²) in [5.74, 6) is 1.21. The molecule has 0 unspecified atom stereocenters. The first-order valence-electron chi connectivity index (χ1n) is 8.14. The molecule has 0 atom stereocenters. The number of nitrogens with zero attached hydrogens (tertiary/aromatic N) is 2. The summed E-state index contributed by atoms with van der Waals surface area (Å²) < 4.78 is 34.8. The van der Waals surface area contributed by atoms with E-state index in [2.05, 4.69) is 14.7 Å². The topological polar surface area (TPSA) is 116 Å². The molecule has 0 saturated heterocycles. The largest absolute Gasteiger partial charge is 0.493 e. The van der Waals surface area contributed by atoms with Crippen molar-refractivity contribution in [2.45, 2.75) is 6.42 Å². The Morgan fingerprint density at radius 3 is 2.33 bits per heavy atom. The van der Waals surface area contributed by atoms with Crippen molar-refractivity contribution in [3.05, 3.63) is 48.3 Å². The van der Waals surface area contributed by atoms with Crippen LogP contribution in [0, 0.1) is 0 Å². The van der Waals surface area contributed by atoms with Gasteiger partial charge in [-0.2, -0.15) is 8.42 Å². The monoisotopic (exact) mass is 388 g/mol. The van der Waals surface area contributed by atoms with Crippen LogP contribution < -0.4 is 19.3 Å². The maximum atomic E-state index is 10.9. The van der Waals surface area contributed by atoms with Crippen LogP contribution in [0.2, 0.25) is 0 Å². The van der Waals surface area contributed by atoms with Gasteiger partial charge in [0.2, 0.25) is 0 Å². The second kappa shape index (κ2) is 7.87. The van der Waals surface area contributed by atoms with Gasteiger partial charge in [0.05, 0.1) is 25.4 Å². The molecular formula is C18H20N4O4S. The molecule has 0 aliphatic carbocycles. The van der Waals surface area contributed by atoms with Gasteiger partial charge in [-0.25, -0.2) is 19.8 Å². The number of rotatable bonds is 7. The molecule has 1 heterocycles. The number of aromatic nitrogens is 2. The fourth-order valence-electron chi connectivity index (χ4n) is 2.78. The number of nitrogens with one attached hydrogen (secondary N) is 1. The van der Waals surface area contributed by atoms with Crippen LogP contribution >= 0.6 is 0 Å². The number of hydrogen-bond donors (Lipinski definition) is 2. The minimum absolute atomic E-state index is 0.242. The smallest absolute Gasteiger partial charge is 0.274 e. The van der Waals surface area contributed by atoms with Crippen molar-refractivity contribution in [3.63, 3.8) is 0 Å². The molecule has 1 aromatic heterocycles. The van der Waals surface area contributed by atoms with Gasteiger partial charge in [0.1, 0.15) is 6.33 Å². The van der Waals surface area contributed by atoms with E-state index in [0.717, 1.165) is 27.7 Å². The summed E-state index contributed by atoms with van der Waals surface area (Å²) in [6.45, 7) is 0.242. The summed E-state index contributed by atoms with van der Waals surface area (Å²) in [4.78, 5) is 8.73. The lowest BCUT2D eigenvalue weighted by molar-refractivity contribution is 0.356. The van der Waals surface area contributed by atoms with Gasteiger partial charge in [0.15, 0.2) is 11.5 Å². The average Bonchev–Trinajstić information content (AvgIpc) is 2.66. The normalized spacial score (nSPS) is 11.5. The molecule has 3 rings (SSSR count). The van der Waals surface area contributed by atoms with Gasteiger partial charge in [0.25, 0.3) is 10.2 Å². The van der Waals surface area contributed by atoms with E-state index >= 15 is 0 Å². The molecule has 142 valence electrons. The Morgan fingerprint density at radius 1 is 1.04 bits per heavy atom. The number of ether oxygens (including phenoxy) is 2. The number of fused-ring (bicyclic) bond motifs is 1. The number of hydrogen-bond acceptors (Lipinski definition) is 6. The van der Waals surface area contributed by atoms with Gasteiger partial charge in [-0.3, -0.25) is 0 Å². The summed E-state index contributed by atoms with van der Waals surface area (Å²) >= 11 is 0. The van der Waals surface area contributed by atoms with E-state index in [0.29, 0.717) is 17.9 Å². The molecule has 0 amide bonds. The van der Waals surface area contributed by atoms with E-state index in [4.69, 9.17) is 14.6 Å². The van der Waals surface area contributed by atoms with Crippen molar-refractivity contribution < 1.29 is 17.9 Å². The van der Waals surface area contributed by atoms with Crippen molar-refractivity contribution >= 4 is 21.1 Å². The third-order valence-corrected chi connectivity index (χ3v) is 4.69. The zero-order valence-corrected chi connectivity index (χ0v) is 15.8. The van der Waals surface area contributed by atoms with E-state index in [1.165, 1.54) is 6.33 Å². The first-order valence-corrected chi connectivity index (χ1v) is 9.69. The Balaban J connectivity index is 1.91. The van der Waals surface area contributed by atoms with E-state index in [1.54, 1.807) is 14.2 Å². The third-order valence-electron chi connectivity index (χ3n) is 4.08. The van der Waals surface area contributed by atoms with Gasteiger partial charge in [-0.1, -0.05) is 24.3 Å². The highest BCUT2D eigenvalue weighted by Gasteiger charge is 2.12. The zero-order valence-electron chi connectivity index (χ0n) is 15.0. The summed E-state index contributed by atoms with van der Waals surface area (Å²) in [6, 6.07) is 11.4. The summed E-state index contributed by atoms with van der Waals surface area (Å²) in [5.41, 5.74) is 3.42. The van der Waals surface area contributed by atoms with Crippen LogP contribution in [0.15, 0.2) is 42.7 Å². The molecule has 8 nitrogen and oxygen atoms in total. The second-order valence-electron chi connectivity index (χ2n) is 5.83. The highest BCUT2D eigenvalue weighted by molar-refractivity contribution is 7.87. The molecule has 0 saturated carbocycles. The first-order chi connectivity index (χ1) is 12.9. The first kappa shape index (κ1) is 19.0. The lowest BCUT2D eigenvalue weighted by atomic mass is 10.0. The van der Waals surface area contributed by atoms with E-state index < -0.39 is 10.2 Å². The Bertz CT molecular complexity index is 1050. The Kier molecular flexibility index (Phi) is 5.54. The van der Waals surface area contributed by atoms with Crippen LogP contribution in [0.5, 0.6) is 11.5 Å². The van der Waals surface area contributed by atoms with Crippen LogP contribution in [-0.4, -0.2) is 39.2 Å². The lowest BCUT2D eigenvalue weighted by Gasteiger charge is -2.11. The molecule has 0 fully saturated rings. The van der Waals surface area contributed by atoms with E-state index in [9.17, 15) is 8.42 Å². The number of nitrogens with two attached hydrogens (primary N) is 1. The highest BCUT2D eigenvalue weighted by atomic mass is 32.2. The van der Waals surface area contributed by atoms with Crippen LogP contribution in [0.3, 0.4) is 0 Å². The summed E-state index contributed by atoms with van der Waals surface area (Å²) in [7, 11) is -0.512. The molecule has 0 spiro atoms. The van der Waals surface area contributed by atoms with Gasteiger partial charge in [0, 0.05) is 23.6 Å². The van der Waals surface area contributed by atoms with E-state index in [-0.39, 0.29) is 6.54 Å². The minimum Gasteiger partial charge on any atom is -0.493 e. The van der Waals surface area contributed by atoms with Gasteiger partial charge in [-0.15, -0.1) is 0 Å². The predicted molar refractivity (Wildman–Crippen MR) is 103 cm³/mol. The van der Waals surface area contributed by atoms with Crippen molar-refractivity contribution in [2.75, 3.05) is 20.8 Å². The number of benzene rings is 2. The molecule has 9 heteroatoms. The predicted octanol–water partition coefficient (Wildman–Crippen LogP) is 1.65. The minimum atomic E-state index is -3.67. The van der Waals surface area contributed by atoms with Crippen LogP contribution in [0.1, 0.15) is 5.56 Å². The second-order valence-corrected chi connectivity index (χ2v) is 7.21. The molecular weight excluding hydrogens is 368 g/mol. The molecule has 3 aromatic rings. The van der Waals surface area contributed by atoms with Gasteiger partial charge in [-0.05, 0) is 18.1 Å². The molecule has 0 bridgehead atoms. The quantitative estimate of drug-likeness (QED) is 0.636. The molecule has 27 heavy (non-hydrogen) atoms. The van der Waals surface area contributed by atoms with Gasteiger partial charge < -0.3 is 9.47 Å². The molecule has 2 aromatic carbocycles. The van der Waals surface area contributed by atoms with Crippen molar-refractivity contribution in [1.29, 1.82) is 0 Å². The SMILES string of the molecule is COc1cc2ncnc(-c3ccc(CCNS(N)(=O)=O)cc3)c2cc1OC. The van der Waals surface area contributed by atoms with E-state index in [1.807, 2.05) is 36.4 Å². The molecule has 0 aliphatic rings. The summed E-state index contributed by atoms with van der Waals surface area (Å²) in [6.07, 6.45) is 2.04. The fourth-order valence-corrected chi connectivity index (χ4v) is 3.17. The number of methoxy groups -OCH3 is 2. The van der Waals surface area contributed by atoms with Crippen molar-refractivity contribution in [2.24, 2.45) is 5.14 Å². The standard InChI is InChI=1S/C18H20N4O4S/c1-25-16-9-14-15(10-17(16)26-2)20-11-21-18(14)13-5-3-12(4-6-13)7-8-22-27(19,23)24/h3-6,9-11,22H,7-8H2,1-2H3,(H2,19,23,24). The Morgan fingerprint density at radius 2 is 1.70 bits per heavy atom.